The number of H-pyrrole nitrogens is 1. The van der Waals surface area contributed by atoms with Crippen LogP contribution in [0.3, 0.4) is 0 Å². The van der Waals surface area contributed by atoms with Gasteiger partial charge in [-0.25, -0.2) is 9.97 Å². The van der Waals surface area contributed by atoms with Gasteiger partial charge in [-0.05, 0) is 37.1 Å². The summed E-state index contributed by atoms with van der Waals surface area (Å²) in [5, 5.41) is 7.00. The number of carbonyl (C=O) groups is 1. The highest BCUT2D eigenvalue weighted by Crippen LogP contribution is 2.31. The second-order valence-corrected chi connectivity index (χ2v) is 9.48. The van der Waals surface area contributed by atoms with E-state index in [1.54, 1.807) is 18.2 Å². The van der Waals surface area contributed by atoms with Crippen LogP contribution in [0.4, 0.5) is 5.13 Å². The number of benzene rings is 2. The molecule has 170 valence electrons. The average Bonchev–Trinajstić information content (AvgIpc) is 3.47. The molecule has 3 aromatic heterocycles. The summed E-state index contributed by atoms with van der Waals surface area (Å²) in [6.07, 6.45) is 7.05. The third-order valence-corrected chi connectivity index (χ3v) is 7.18. The predicted molar refractivity (Wildman–Crippen MR) is 136 cm³/mol. The zero-order chi connectivity index (χ0) is 23.1. The fourth-order valence-electron chi connectivity index (χ4n) is 4.64. The Morgan fingerprint density at radius 1 is 1.03 bits per heavy atom. The number of fused-ring (bicyclic) bond motifs is 3. The quantitative estimate of drug-likeness (QED) is 0.372. The molecule has 8 heteroatoms. The minimum Gasteiger partial charge on any atom is -0.360 e. The highest BCUT2D eigenvalue weighted by molar-refractivity contribution is 7.14. The van der Waals surface area contributed by atoms with Gasteiger partial charge >= 0.3 is 0 Å². The molecule has 1 aliphatic heterocycles. The largest absolute Gasteiger partial charge is 0.360 e. The summed E-state index contributed by atoms with van der Waals surface area (Å²) in [4.78, 5) is 38.6. The molecule has 34 heavy (non-hydrogen) atoms. The van der Waals surface area contributed by atoms with E-state index in [4.69, 9.17) is 4.98 Å². The standard InChI is InChI=1S/C26H23N5O2S/c32-24(30-26-29-22(15-34-26)19-14-27-20-8-5-4-7-17(19)20)16-10-11-18-21(13-16)28-23-9-3-1-2-6-12-31(23)25(18)33/h4-5,7-8,10-11,13-15,27H,1-3,6,9,12H2,(H,29,30,32). The van der Waals surface area contributed by atoms with E-state index in [0.29, 0.717) is 28.1 Å². The van der Waals surface area contributed by atoms with Gasteiger partial charge in [0.2, 0.25) is 0 Å². The van der Waals surface area contributed by atoms with Crippen LogP contribution in [0.25, 0.3) is 33.1 Å². The van der Waals surface area contributed by atoms with Gasteiger partial charge in [-0.1, -0.05) is 31.0 Å². The second-order valence-electron chi connectivity index (χ2n) is 8.62. The number of nitrogens with zero attached hydrogens (tertiary/aromatic N) is 3. The topological polar surface area (TPSA) is 92.7 Å². The summed E-state index contributed by atoms with van der Waals surface area (Å²) in [5.74, 6) is 0.549. The Morgan fingerprint density at radius 3 is 2.85 bits per heavy atom. The Hall–Kier alpha value is -3.78. The number of aromatic nitrogens is 4. The van der Waals surface area contributed by atoms with E-state index in [1.807, 2.05) is 40.4 Å². The number of para-hydroxylation sites is 1. The van der Waals surface area contributed by atoms with Crippen molar-refractivity contribution in [1.29, 1.82) is 0 Å². The zero-order valence-electron chi connectivity index (χ0n) is 18.5. The van der Waals surface area contributed by atoms with Crippen molar-refractivity contribution in [3.63, 3.8) is 0 Å². The molecule has 4 heterocycles. The smallest absolute Gasteiger partial charge is 0.261 e. The minimum atomic E-state index is -0.268. The number of anilines is 1. The van der Waals surface area contributed by atoms with Gasteiger partial charge in [0.05, 0.1) is 16.6 Å². The van der Waals surface area contributed by atoms with Crippen LogP contribution in [0, 0.1) is 0 Å². The Balaban J connectivity index is 1.28. The Bertz CT molecular complexity index is 1600. The molecule has 0 saturated carbocycles. The molecule has 1 amide bonds. The molecule has 1 aliphatic rings. The SMILES string of the molecule is O=C(Nc1nc(-c2c[nH]c3ccccc23)cs1)c1ccc2c(=O)n3c(nc2c1)CCCCCC3. The lowest BCUT2D eigenvalue weighted by Gasteiger charge is -2.16. The average molecular weight is 470 g/mol. The van der Waals surface area contributed by atoms with Crippen molar-refractivity contribution in [2.24, 2.45) is 0 Å². The number of aryl methyl sites for hydroxylation is 1. The highest BCUT2D eigenvalue weighted by Gasteiger charge is 2.16. The van der Waals surface area contributed by atoms with E-state index in [0.717, 1.165) is 60.1 Å². The van der Waals surface area contributed by atoms with Crippen LogP contribution in [0.5, 0.6) is 0 Å². The number of hydrogen-bond acceptors (Lipinski definition) is 5. The molecule has 5 aromatic rings. The van der Waals surface area contributed by atoms with Crippen LogP contribution >= 0.6 is 11.3 Å². The molecule has 0 radical (unpaired) electrons. The fraction of sp³-hybridized carbons (Fsp3) is 0.231. The van der Waals surface area contributed by atoms with Crippen LogP contribution in [0.1, 0.15) is 41.9 Å². The summed E-state index contributed by atoms with van der Waals surface area (Å²) in [6, 6.07) is 13.2. The summed E-state index contributed by atoms with van der Waals surface area (Å²) in [5.41, 5.74) is 3.87. The number of aromatic amines is 1. The molecule has 0 fully saturated rings. The molecule has 0 unspecified atom stereocenters. The highest BCUT2D eigenvalue weighted by atomic mass is 32.1. The van der Waals surface area contributed by atoms with Gasteiger partial charge in [-0.3, -0.25) is 19.5 Å². The molecule has 0 aliphatic carbocycles. The van der Waals surface area contributed by atoms with Crippen molar-refractivity contribution in [3.05, 3.63) is 75.8 Å². The Morgan fingerprint density at radius 2 is 1.91 bits per heavy atom. The van der Waals surface area contributed by atoms with Gasteiger partial charge < -0.3 is 4.98 Å². The number of thiazole rings is 1. The summed E-state index contributed by atoms with van der Waals surface area (Å²) >= 11 is 1.38. The molecule has 2 aromatic carbocycles. The number of hydrogen-bond donors (Lipinski definition) is 2. The molecule has 0 atom stereocenters. The predicted octanol–water partition coefficient (Wildman–Crippen LogP) is 5.37. The van der Waals surface area contributed by atoms with E-state index in [-0.39, 0.29) is 11.5 Å². The number of carbonyl (C=O) groups excluding carboxylic acids is 1. The monoisotopic (exact) mass is 469 g/mol. The fourth-order valence-corrected chi connectivity index (χ4v) is 5.35. The second kappa shape index (κ2) is 8.53. The Kier molecular flexibility index (Phi) is 5.22. The lowest BCUT2D eigenvalue weighted by molar-refractivity contribution is 0.102. The lowest BCUT2D eigenvalue weighted by Crippen LogP contribution is -2.26. The van der Waals surface area contributed by atoms with Crippen molar-refractivity contribution in [2.45, 2.75) is 38.6 Å². The number of amides is 1. The van der Waals surface area contributed by atoms with Crippen molar-refractivity contribution in [1.82, 2.24) is 19.5 Å². The molecule has 7 nitrogen and oxygen atoms in total. The minimum absolute atomic E-state index is 0.0165. The molecule has 0 spiro atoms. The first-order valence-electron chi connectivity index (χ1n) is 11.5. The summed E-state index contributed by atoms with van der Waals surface area (Å²) < 4.78 is 1.81. The van der Waals surface area contributed by atoms with Gasteiger partial charge in [-0.15, -0.1) is 11.3 Å². The zero-order valence-corrected chi connectivity index (χ0v) is 19.3. The van der Waals surface area contributed by atoms with Gasteiger partial charge in [0, 0.05) is 46.6 Å². The van der Waals surface area contributed by atoms with Crippen LogP contribution in [-0.4, -0.2) is 25.4 Å². The van der Waals surface area contributed by atoms with E-state index in [1.165, 1.54) is 11.3 Å². The number of nitrogens with one attached hydrogen (secondary N) is 2. The third kappa shape index (κ3) is 3.70. The summed E-state index contributed by atoms with van der Waals surface area (Å²) in [6.45, 7) is 0.710. The first kappa shape index (κ1) is 20.8. The normalized spacial score (nSPS) is 14.0. The van der Waals surface area contributed by atoms with Crippen molar-refractivity contribution < 1.29 is 4.79 Å². The molecule has 6 rings (SSSR count). The van der Waals surface area contributed by atoms with Gasteiger partial charge in [-0.2, -0.15) is 0 Å². The maximum atomic E-state index is 13.0. The van der Waals surface area contributed by atoms with Crippen molar-refractivity contribution >= 4 is 44.2 Å². The van der Waals surface area contributed by atoms with E-state index < -0.39 is 0 Å². The first-order valence-corrected chi connectivity index (χ1v) is 12.4. The Labute approximate surface area is 199 Å². The summed E-state index contributed by atoms with van der Waals surface area (Å²) in [7, 11) is 0. The molecular weight excluding hydrogens is 446 g/mol. The van der Waals surface area contributed by atoms with E-state index >= 15 is 0 Å². The van der Waals surface area contributed by atoms with Crippen molar-refractivity contribution in [3.8, 4) is 11.3 Å². The maximum Gasteiger partial charge on any atom is 0.261 e. The van der Waals surface area contributed by atoms with Gasteiger partial charge in [0.15, 0.2) is 5.13 Å². The molecule has 2 N–H and O–H groups in total. The van der Waals surface area contributed by atoms with Crippen LogP contribution in [-0.2, 0) is 13.0 Å². The van der Waals surface area contributed by atoms with Crippen molar-refractivity contribution in [2.75, 3.05) is 5.32 Å². The molecular formula is C26H23N5O2S. The third-order valence-electron chi connectivity index (χ3n) is 6.42. The molecule has 0 saturated heterocycles. The van der Waals surface area contributed by atoms with Crippen LogP contribution in [0.15, 0.2) is 58.8 Å². The number of rotatable bonds is 3. The maximum absolute atomic E-state index is 13.0. The lowest BCUT2D eigenvalue weighted by atomic mass is 10.1. The van der Waals surface area contributed by atoms with Crippen LogP contribution < -0.4 is 10.9 Å². The van der Waals surface area contributed by atoms with Gasteiger partial charge in [0.25, 0.3) is 11.5 Å². The first-order chi connectivity index (χ1) is 16.7. The van der Waals surface area contributed by atoms with E-state index in [2.05, 4.69) is 15.3 Å². The van der Waals surface area contributed by atoms with Gasteiger partial charge in [0.1, 0.15) is 5.82 Å². The molecule has 0 bridgehead atoms. The van der Waals surface area contributed by atoms with Crippen LogP contribution in [0.2, 0.25) is 0 Å². The van der Waals surface area contributed by atoms with E-state index in [9.17, 15) is 9.59 Å².